The summed E-state index contributed by atoms with van der Waals surface area (Å²) in [4.78, 5) is 45.7. The van der Waals surface area contributed by atoms with Crippen LogP contribution in [0.2, 0.25) is 0 Å². The Bertz CT molecular complexity index is 962. The first-order valence-corrected chi connectivity index (χ1v) is 7.30. The van der Waals surface area contributed by atoms with Crippen molar-refractivity contribution in [3.8, 4) is 5.69 Å². The summed E-state index contributed by atoms with van der Waals surface area (Å²) in [5.74, 6) is -2.15. The number of carbonyl (C=O) groups excluding carboxylic acids is 3. The summed E-state index contributed by atoms with van der Waals surface area (Å²) in [5.41, 5.74) is 1.17. The lowest BCUT2D eigenvalue weighted by molar-refractivity contribution is -0.0584. The number of fused-ring (bicyclic) bond motifs is 1. The lowest BCUT2D eigenvalue weighted by Crippen LogP contribution is -2.32. The van der Waals surface area contributed by atoms with E-state index in [-0.39, 0.29) is 16.7 Å². The average molecular weight is 334 g/mol. The molecule has 2 heterocycles. The van der Waals surface area contributed by atoms with Crippen molar-refractivity contribution in [2.24, 2.45) is 0 Å². The van der Waals surface area contributed by atoms with E-state index in [4.69, 9.17) is 4.84 Å². The molecule has 0 N–H and O–H groups in total. The van der Waals surface area contributed by atoms with Crippen molar-refractivity contribution in [3.63, 3.8) is 0 Å². The Morgan fingerprint density at radius 3 is 2.32 bits per heavy atom. The Morgan fingerprint density at radius 1 is 0.960 bits per heavy atom. The molecular weight excluding hydrogens is 324 g/mol. The number of imide groups is 1. The van der Waals surface area contributed by atoms with Crippen molar-refractivity contribution in [3.05, 3.63) is 77.9 Å². The van der Waals surface area contributed by atoms with Gasteiger partial charge in [-0.1, -0.05) is 23.3 Å². The zero-order valence-corrected chi connectivity index (χ0v) is 12.7. The number of carbonyl (C=O) groups is 3. The molecule has 1 aliphatic heterocycles. The predicted octanol–water partition coefficient (Wildman–Crippen LogP) is 1.64. The van der Waals surface area contributed by atoms with Gasteiger partial charge in [0.1, 0.15) is 12.7 Å². The number of amides is 2. The standard InChI is InChI=1S/C17H10N4O4/c22-15-13-6-1-2-7-14(13)16(23)21(15)25-17(24)11-4-3-5-12(8-11)20-10-18-9-19-20/h1-10H. The second-order valence-corrected chi connectivity index (χ2v) is 5.22. The molecule has 8 heteroatoms. The molecule has 1 aliphatic rings. The van der Waals surface area contributed by atoms with E-state index in [1.165, 1.54) is 41.6 Å². The molecule has 122 valence electrons. The monoisotopic (exact) mass is 334 g/mol. The van der Waals surface area contributed by atoms with Crippen LogP contribution in [-0.2, 0) is 4.84 Å². The quantitative estimate of drug-likeness (QED) is 0.676. The number of nitrogens with zero attached hydrogens (tertiary/aromatic N) is 4. The van der Waals surface area contributed by atoms with Crippen molar-refractivity contribution < 1.29 is 19.2 Å². The molecule has 0 unspecified atom stereocenters. The number of hydrogen-bond donors (Lipinski definition) is 0. The van der Waals surface area contributed by atoms with Gasteiger partial charge < -0.3 is 4.84 Å². The minimum absolute atomic E-state index is 0.171. The Labute approximate surface area is 141 Å². The van der Waals surface area contributed by atoms with Crippen LogP contribution in [0.4, 0.5) is 0 Å². The van der Waals surface area contributed by atoms with Gasteiger partial charge in [0.25, 0.3) is 11.8 Å². The maximum absolute atomic E-state index is 12.4. The van der Waals surface area contributed by atoms with Crippen LogP contribution in [0.5, 0.6) is 0 Å². The van der Waals surface area contributed by atoms with Gasteiger partial charge in [0.15, 0.2) is 0 Å². The van der Waals surface area contributed by atoms with Crippen LogP contribution >= 0.6 is 0 Å². The van der Waals surface area contributed by atoms with Crippen molar-refractivity contribution in [2.75, 3.05) is 0 Å². The summed E-state index contributed by atoms with van der Waals surface area (Å²) < 4.78 is 1.47. The molecular formula is C17H10N4O4. The molecule has 1 aromatic heterocycles. The van der Waals surface area contributed by atoms with Crippen LogP contribution in [-0.4, -0.2) is 37.6 Å². The topological polar surface area (TPSA) is 94.4 Å². The molecule has 3 aromatic rings. The number of aromatic nitrogens is 3. The van der Waals surface area contributed by atoms with E-state index < -0.39 is 17.8 Å². The van der Waals surface area contributed by atoms with Crippen molar-refractivity contribution in [1.82, 2.24) is 19.8 Å². The smallest absolute Gasteiger partial charge is 0.324 e. The minimum atomic E-state index is -0.823. The molecule has 0 radical (unpaired) electrons. The molecule has 0 spiro atoms. The first-order valence-electron chi connectivity index (χ1n) is 7.30. The molecule has 0 bridgehead atoms. The van der Waals surface area contributed by atoms with Crippen molar-refractivity contribution >= 4 is 17.8 Å². The van der Waals surface area contributed by atoms with Crippen LogP contribution in [0.3, 0.4) is 0 Å². The van der Waals surface area contributed by atoms with Gasteiger partial charge in [-0.25, -0.2) is 14.5 Å². The molecule has 0 saturated carbocycles. The molecule has 8 nitrogen and oxygen atoms in total. The predicted molar refractivity (Wildman–Crippen MR) is 83.7 cm³/mol. The molecule has 0 aliphatic carbocycles. The largest absolute Gasteiger partial charge is 0.364 e. The van der Waals surface area contributed by atoms with E-state index >= 15 is 0 Å². The second kappa shape index (κ2) is 5.68. The van der Waals surface area contributed by atoms with Crippen molar-refractivity contribution in [2.45, 2.75) is 0 Å². The van der Waals surface area contributed by atoms with Crippen LogP contribution in [0.15, 0.2) is 61.2 Å². The summed E-state index contributed by atoms with van der Waals surface area (Å²) in [6.45, 7) is 0. The van der Waals surface area contributed by atoms with Gasteiger partial charge in [-0.2, -0.15) is 5.10 Å². The average Bonchev–Trinajstić information content (AvgIpc) is 3.26. The Balaban J connectivity index is 1.58. The summed E-state index contributed by atoms with van der Waals surface area (Å²) in [6, 6.07) is 12.7. The third kappa shape index (κ3) is 2.45. The van der Waals surface area contributed by atoms with Gasteiger partial charge in [0.2, 0.25) is 0 Å². The molecule has 0 saturated heterocycles. The number of hydroxylamine groups is 2. The highest BCUT2D eigenvalue weighted by atomic mass is 16.7. The van der Waals surface area contributed by atoms with Gasteiger partial charge in [-0.3, -0.25) is 9.59 Å². The lowest BCUT2D eigenvalue weighted by atomic mass is 10.1. The van der Waals surface area contributed by atoms with Crippen LogP contribution in [0.1, 0.15) is 31.1 Å². The highest BCUT2D eigenvalue weighted by Gasteiger charge is 2.38. The second-order valence-electron chi connectivity index (χ2n) is 5.22. The maximum Gasteiger partial charge on any atom is 0.364 e. The summed E-state index contributed by atoms with van der Waals surface area (Å²) >= 11 is 0. The fourth-order valence-electron chi connectivity index (χ4n) is 2.50. The van der Waals surface area contributed by atoms with Crippen molar-refractivity contribution in [1.29, 1.82) is 0 Å². The van der Waals surface area contributed by atoms with E-state index in [0.29, 0.717) is 10.8 Å². The van der Waals surface area contributed by atoms with E-state index in [1.54, 1.807) is 24.3 Å². The molecule has 0 atom stereocenters. The normalized spacial score (nSPS) is 13.0. The minimum Gasteiger partial charge on any atom is -0.324 e. The van der Waals surface area contributed by atoms with E-state index in [9.17, 15) is 14.4 Å². The van der Waals surface area contributed by atoms with Gasteiger partial charge in [0.05, 0.1) is 22.4 Å². The fraction of sp³-hybridized carbons (Fsp3) is 0. The van der Waals surface area contributed by atoms with Gasteiger partial charge in [0, 0.05) is 0 Å². The first-order chi connectivity index (χ1) is 12.1. The summed E-state index contributed by atoms with van der Waals surface area (Å²) in [6.07, 6.45) is 2.85. The Kier molecular flexibility index (Phi) is 3.35. The lowest BCUT2D eigenvalue weighted by Gasteiger charge is -2.13. The first kappa shape index (κ1) is 14.8. The SMILES string of the molecule is O=C(ON1C(=O)c2ccccc2C1=O)c1cccc(-n2cncn2)c1. The van der Waals surface area contributed by atoms with E-state index in [2.05, 4.69) is 10.1 Å². The van der Waals surface area contributed by atoms with Gasteiger partial charge >= 0.3 is 5.97 Å². The molecule has 2 amide bonds. The Hall–Kier alpha value is -3.81. The number of rotatable bonds is 3. The number of benzene rings is 2. The van der Waals surface area contributed by atoms with Crippen LogP contribution in [0.25, 0.3) is 5.69 Å². The van der Waals surface area contributed by atoms with Crippen LogP contribution in [0, 0.1) is 0 Å². The molecule has 0 fully saturated rings. The molecule has 25 heavy (non-hydrogen) atoms. The highest BCUT2D eigenvalue weighted by Crippen LogP contribution is 2.23. The van der Waals surface area contributed by atoms with Gasteiger partial charge in [-0.15, -0.1) is 0 Å². The summed E-state index contributed by atoms with van der Waals surface area (Å²) in [5, 5.41) is 4.46. The maximum atomic E-state index is 12.4. The number of hydrogen-bond acceptors (Lipinski definition) is 6. The van der Waals surface area contributed by atoms with E-state index in [0.717, 1.165) is 0 Å². The Morgan fingerprint density at radius 2 is 1.68 bits per heavy atom. The summed E-state index contributed by atoms with van der Waals surface area (Å²) in [7, 11) is 0. The highest BCUT2D eigenvalue weighted by molar-refractivity contribution is 6.21. The van der Waals surface area contributed by atoms with E-state index in [1.807, 2.05) is 0 Å². The zero-order chi connectivity index (χ0) is 17.4. The molecule has 2 aromatic carbocycles. The zero-order valence-electron chi connectivity index (χ0n) is 12.7. The van der Waals surface area contributed by atoms with Gasteiger partial charge in [-0.05, 0) is 30.3 Å². The third-order valence-corrected chi connectivity index (χ3v) is 3.70. The van der Waals surface area contributed by atoms with Crippen LogP contribution < -0.4 is 0 Å². The fourth-order valence-corrected chi connectivity index (χ4v) is 2.50. The third-order valence-electron chi connectivity index (χ3n) is 3.70. The molecule has 4 rings (SSSR count).